The molecule has 0 aromatic carbocycles. The number of hydrogen-bond acceptors (Lipinski definition) is 7. The SMILES string of the molecule is c1cnc(Sc2ccc(CN(Cc3cccnc3)Cc3cccs3)o2)nc1. The molecule has 0 fully saturated rings. The lowest BCUT2D eigenvalue weighted by atomic mass is 10.2. The van der Waals surface area contributed by atoms with E-state index in [9.17, 15) is 0 Å². The van der Waals surface area contributed by atoms with Gasteiger partial charge in [0.25, 0.3) is 0 Å². The van der Waals surface area contributed by atoms with E-state index < -0.39 is 0 Å². The van der Waals surface area contributed by atoms with Crippen molar-refractivity contribution in [3.05, 3.63) is 88.8 Å². The van der Waals surface area contributed by atoms with Gasteiger partial charge in [-0.3, -0.25) is 9.88 Å². The van der Waals surface area contributed by atoms with Crippen LogP contribution in [-0.4, -0.2) is 19.9 Å². The molecule has 27 heavy (non-hydrogen) atoms. The van der Waals surface area contributed by atoms with Gasteiger partial charge in [0.15, 0.2) is 10.2 Å². The fourth-order valence-electron chi connectivity index (χ4n) is 2.69. The minimum atomic E-state index is 0.684. The van der Waals surface area contributed by atoms with Gasteiger partial charge in [-0.15, -0.1) is 11.3 Å². The highest BCUT2D eigenvalue weighted by atomic mass is 32.2. The maximum Gasteiger partial charge on any atom is 0.195 e. The van der Waals surface area contributed by atoms with Crippen molar-refractivity contribution in [1.29, 1.82) is 0 Å². The van der Waals surface area contributed by atoms with E-state index in [0.29, 0.717) is 5.16 Å². The maximum absolute atomic E-state index is 6.00. The average molecular weight is 395 g/mol. The molecule has 0 amide bonds. The van der Waals surface area contributed by atoms with Crippen LogP contribution >= 0.6 is 23.1 Å². The zero-order chi connectivity index (χ0) is 18.3. The predicted molar refractivity (Wildman–Crippen MR) is 106 cm³/mol. The summed E-state index contributed by atoms with van der Waals surface area (Å²) in [4.78, 5) is 16.4. The zero-order valence-corrected chi connectivity index (χ0v) is 16.2. The van der Waals surface area contributed by atoms with Crippen LogP contribution in [0, 0.1) is 0 Å². The van der Waals surface area contributed by atoms with Crippen molar-refractivity contribution in [3.8, 4) is 0 Å². The largest absolute Gasteiger partial charge is 0.453 e. The number of hydrogen-bond donors (Lipinski definition) is 0. The summed E-state index contributed by atoms with van der Waals surface area (Å²) in [6.07, 6.45) is 7.18. The number of pyridine rings is 1. The highest BCUT2D eigenvalue weighted by molar-refractivity contribution is 7.99. The van der Waals surface area contributed by atoms with E-state index >= 15 is 0 Å². The van der Waals surface area contributed by atoms with Crippen LogP contribution in [0.25, 0.3) is 0 Å². The van der Waals surface area contributed by atoms with E-state index in [4.69, 9.17) is 4.42 Å². The molecule has 0 saturated carbocycles. The summed E-state index contributed by atoms with van der Waals surface area (Å²) in [7, 11) is 0. The quantitative estimate of drug-likeness (QED) is 0.397. The van der Waals surface area contributed by atoms with E-state index in [2.05, 4.69) is 43.4 Å². The van der Waals surface area contributed by atoms with Crippen molar-refractivity contribution in [2.75, 3.05) is 0 Å². The molecule has 0 unspecified atom stereocenters. The van der Waals surface area contributed by atoms with Gasteiger partial charge in [0.05, 0.1) is 6.54 Å². The molecule has 0 aliphatic carbocycles. The molecule has 5 nitrogen and oxygen atoms in total. The Balaban J connectivity index is 1.46. The Bertz CT molecular complexity index is 943. The number of furan rings is 1. The van der Waals surface area contributed by atoms with E-state index in [0.717, 1.165) is 30.5 Å². The second kappa shape index (κ2) is 8.94. The van der Waals surface area contributed by atoms with Crippen molar-refractivity contribution < 1.29 is 4.42 Å². The van der Waals surface area contributed by atoms with Crippen LogP contribution in [-0.2, 0) is 19.6 Å². The summed E-state index contributed by atoms with van der Waals surface area (Å²) in [6.45, 7) is 2.41. The number of nitrogens with zero attached hydrogens (tertiary/aromatic N) is 4. The van der Waals surface area contributed by atoms with Gasteiger partial charge in [-0.2, -0.15) is 0 Å². The normalized spacial score (nSPS) is 11.1. The molecule has 0 atom stereocenters. The third-order valence-electron chi connectivity index (χ3n) is 3.84. The lowest BCUT2D eigenvalue weighted by Gasteiger charge is -2.20. The molecule has 4 aromatic rings. The van der Waals surface area contributed by atoms with E-state index in [1.807, 2.05) is 24.4 Å². The van der Waals surface area contributed by atoms with Crippen LogP contribution in [0.3, 0.4) is 0 Å². The molecule has 0 spiro atoms. The van der Waals surface area contributed by atoms with Crippen LogP contribution in [0.5, 0.6) is 0 Å². The molecule has 0 saturated heterocycles. The molecule has 7 heteroatoms. The Hall–Kier alpha value is -2.48. The Kier molecular flexibility index (Phi) is 5.93. The second-order valence-corrected chi connectivity index (χ2v) is 7.94. The first-order valence-electron chi connectivity index (χ1n) is 8.52. The molecule has 136 valence electrons. The van der Waals surface area contributed by atoms with Gasteiger partial charge < -0.3 is 4.42 Å². The highest BCUT2D eigenvalue weighted by Gasteiger charge is 2.13. The monoisotopic (exact) mass is 394 g/mol. The van der Waals surface area contributed by atoms with Crippen LogP contribution in [0.1, 0.15) is 16.2 Å². The molecule has 4 rings (SSSR count). The summed E-state index contributed by atoms with van der Waals surface area (Å²) in [5.74, 6) is 0.925. The summed E-state index contributed by atoms with van der Waals surface area (Å²) in [5, 5.41) is 3.59. The van der Waals surface area contributed by atoms with Gasteiger partial charge in [0, 0.05) is 42.8 Å². The lowest BCUT2D eigenvalue weighted by Crippen LogP contribution is -2.21. The summed E-state index contributed by atoms with van der Waals surface area (Å²) >= 11 is 3.20. The smallest absolute Gasteiger partial charge is 0.195 e. The van der Waals surface area contributed by atoms with Crippen LogP contribution < -0.4 is 0 Å². The van der Waals surface area contributed by atoms with Gasteiger partial charge in [0.2, 0.25) is 0 Å². The van der Waals surface area contributed by atoms with Crippen LogP contribution in [0.2, 0.25) is 0 Å². The van der Waals surface area contributed by atoms with Gasteiger partial charge in [-0.1, -0.05) is 12.1 Å². The molecule has 0 aliphatic heterocycles. The molecule has 0 radical (unpaired) electrons. The van der Waals surface area contributed by atoms with E-state index in [1.165, 1.54) is 22.2 Å². The van der Waals surface area contributed by atoms with Crippen molar-refractivity contribution in [1.82, 2.24) is 19.9 Å². The van der Waals surface area contributed by atoms with Crippen molar-refractivity contribution >= 4 is 23.1 Å². The van der Waals surface area contributed by atoms with Crippen LogP contribution in [0.4, 0.5) is 0 Å². The first-order valence-corrected chi connectivity index (χ1v) is 10.2. The molecule has 0 N–H and O–H groups in total. The number of thiophene rings is 1. The summed E-state index contributed by atoms with van der Waals surface area (Å²) in [5.41, 5.74) is 1.19. The van der Waals surface area contributed by atoms with Gasteiger partial charge in [-0.25, -0.2) is 9.97 Å². The van der Waals surface area contributed by atoms with Gasteiger partial charge >= 0.3 is 0 Å². The summed E-state index contributed by atoms with van der Waals surface area (Å²) < 4.78 is 6.00. The molecular formula is C20H18N4OS2. The Labute approximate surface area is 166 Å². The highest BCUT2D eigenvalue weighted by Crippen LogP contribution is 2.27. The van der Waals surface area contributed by atoms with Gasteiger partial charge in [0.1, 0.15) is 5.76 Å². The lowest BCUT2D eigenvalue weighted by molar-refractivity contribution is 0.222. The first kappa shape index (κ1) is 17.9. The third-order valence-corrected chi connectivity index (χ3v) is 5.51. The molecule has 4 aromatic heterocycles. The molecule has 4 heterocycles. The minimum Gasteiger partial charge on any atom is -0.453 e. The fourth-order valence-corrected chi connectivity index (χ4v) is 4.13. The summed E-state index contributed by atoms with van der Waals surface area (Å²) in [6, 6.07) is 14.1. The second-order valence-electron chi connectivity index (χ2n) is 5.94. The molecule has 0 bridgehead atoms. The molecular weight excluding hydrogens is 376 g/mol. The third kappa shape index (κ3) is 5.26. The Morgan fingerprint density at radius 2 is 1.85 bits per heavy atom. The Morgan fingerprint density at radius 3 is 2.63 bits per heavy atom. The molecule has 0 aliphatic rings. The van der Waals surface area contributed by atoms with E-state index in [1.54, 1.807) is 36.0 Å². The maximum atomic E-state index is 6.00. The zero-order valence-electron chi connectivity index (χ0n) is 14.6. The van der Waals surface area contributed by atoms with Crippen LogP contribution in [0.15, 0.2) is 87.3 Å². The average Bonchev–Trinajstić information content (AvgIpc) is 3.36. The predicted octanol–water partition coefficient (Wildman–Crippen LogP) is 4.88. The van der Waals surface area contributed by atoms with Crippen molar-refractivity contribution in [2.24, 2.45) is 0 Å². The van der Waals surface area contributed by atoms with Gasteiger partial charge in [-0.05, 0) is 53.0 Å². The van der Waals surface area contributed by atoms with E-state index in [-0.39, 0.29) is 0 Å². The fraction of sp³-hybridized carbons (Fsp3) is 0.150. The first-order chi connectivity index (χ1) is 13.3. The number of rotatable bonds is 8. The number of aromatic nitrogens is 3. The topological polar surface area (TPSA) is 55.1 Å². The minimum absolute atomic E-state index is 0.684. The van der Waals surface area contributed by atoms with Crippen molar-refractivity contribution in [2.45, 2.75) is 29.9 Å². The Morgan fingerprint density at radius 1 is 0.926 bits per heavy atom. The standard InChI is InChI=1S/C20H18N4OS2/c1-4-16(12-21-8-1)13-24(15-18-5-2-11-26-18)14-17-6-7-19(25-17)27-20-22-9-3-10-23-20/h1-12H,13-15H2. The van der Waals surface area contributed by atoms with Crippen molar-refractivity contribution in [3.63, 3.8) is 0 Å².